The van der Waals surface area contributed by atoms with E-state index < -0.39 is 21.4 Å². The molecule has 0 saturated carbocycles. The molecule has 6 N–H and O–H groups in total. The van der Waals surface area contributed by atoms with Gasteiger partial charge in [-0.2, -0.15) is 0 Å². The van der Waals surface area contributed by atoms with E-state index in [2.05, 4.69) is 0 Å². The summed E-state index contributed by atoms with van der Waals surface area (Å²) in [6.45, 7) is 1.46. The van der Waals surface area contributed by atoms with Gasteiger partial charge >= 0.3 is 21.4 Å². The van der Waals surface area contributed by atoms with Crippen LogP contribution in [0.5, 0.6) is 0 Å². The van der Waals surface area contributed by atoms with Crippen molar-refractivity contribution < 1.29 is 43.8 Å². The lowest BCUT2D eigenvalue weighted by atomic mass is 9.82. The molecule has 3 heterocycles. The van der Waals surface area contributed by atoms with Gasteiger partial charge < -0.3 is 30.1 Å². The second kappa shape index (κ2) is 11.6. The third-order valence-electron chi connectivity index (χ3n) is 5.75. The molecule has 180 valence electrons. The molecule has 0 atom stereocenters. The van der Waals surface area contributed by atoms with Crippen LogP contribution in [0.25, 0.3) is 0 Å². The fourth-order valence-electron chi connectivity index (χ4n) is 4.13. The molecular formula is C24H27B3N3O6+3. The zero-order chi connectivity index (χ0) is 25.7. The third kappa shape index (κ3) is 6.85. The molecule has 3 aromatic heterocycles. The van der Waals surface area contributed by atoms with Crippen molar-refractivity contribution in [3.63, 3.8) is 0 Å². The van der Waals surface area contributed by atoms with Crippen LogP contribution in [-0.2, 0) is 19.6 Å². The molecule has 4 aromatic rings. The smallest absolute Gasteiger partial charge is 0.423 e. The van der Waals surface area contributed by atoms with Crippen molar-refractivity contribution in [3.8, 4) is 0 Å². The van der Waals surface area contributed by atoms with Crippen molar-refractivity contribution in [1.82, 2.24) is 0 Å². The highest BCUT2D eigenvalue weighted by atomic mass is 16.4. The van der Waals surface area contributed by atoms with Gasteiger partial charge in [0.2, 0.25) is 0 Å². The third-order valence-corrected chi connectivity index (χ3v) is 5.75. The van der Waals surface area contributed by atoms with Crippen molar-refractivity contribution in [3.05, 3.63) is 108 Å². The average Bonchev–Trinajstić information content (AvgIpc) is 2.84. The van der Waals surface area contributed by atoms with E-state index in [-0.39, 0.29) is 0 Å². The number of rotatable bonds is 9. The van der Waals surface area contributed by atoms with Gasteiger partial charge in [-0.05, 0) is 18.2 Å². The number of hydrogen-bond donors (Lipinski definition) is 6. The lowest BCUT2D eigenvalue weighted by molar-refractivity contribution is -0.689. The second-order valence-corrected chi connectivity index (χ2v) is 8.71. The van der Waals surface area contributed by atoms with Gasteiger partial charge in [-0.3, -0.25) is 0 Å². The van der Waals surface area contributed by atoms with Crippen LogP contribution in [0.1, 0.15) is 16.7 Å². The first kappa shape index (κ1) is 25.7. The summed E-state index contributed by atoms with van der Waals surface area (Å²) in [4.78, 5) is 0. The van der Waals surface area contributed by atoms with Crippen LogP contribution in [0.15, 0.2) is 91.8 Å². The molecule has 0 bridgehead atoms. The second-order valence-electron chi connectivity index (χ2n) is 8.71. The molecule has 4 rings (SSSR count). The molecular weight excluding hydrogens is 459 g/mol. The predicted molar refractivity (Wildman–Crippen MR) is 133 cm³/mol. The van der Waals surface area contributed by atoms with E-state index in [0.717, 1.165) is 16.7 Å². The van der Waals surface area contributed by atoms with Crippen LogP contribution < -0.4 is 30.1 Å². The normalized spacial score (nSPS) is 10.8. The lowest BCUT2D eigenvalue weighted by Crippen LogP contribution is -2.43. The first-order chi connectivity index (χ1) is 17.3. The zero-order valence-electron chi connectivity index (χ0n) is 19.5. The van der Waals surface area contributed by atoms with Crippen LogP contribution in [0.3, 0.4) is 0 Å². The van der Waals surface area contributed by atoms with Crippen LogP contribution in [0.4, 0.5) is 0 Å². The maximum absolute atomic E-state index is 9.52. The highest BCUT2D eigenvalue weighted by Gasteiger charge is 2.19. The van der Waals surface area contributed by atoms with Crippen molar-refractivity contribution in [2.45, 2.75) is 19.6 Å². The molecule has 12 heteroatoms. The van der Waals surface area contributed by atoms with Crippen LogP contribution >= 0.6 is 0 Å². The average molecular weight is 486 g/mol. The molecule has 0 spiro atoms. The van der Waals surface area contributed by atoms with Gasteiger partial charge in [0.05, 0.1) is 0 Å². The minimum Gasteiger partial charge on any atom is -0.423 e. The van der Waals surface area contributed by atoms with Gasteiger partial charge in [-0.25, -0.2) is 13.7 Å². The fourth-order valence-corrected chi connectivity index (χ4v) is 4.13. The molecule has 0 aliphatic heterocycles. The molecule has 9 nitrogen and oxygen atoms in total. The van der Waals surface area contributed by atoms with E-state index in [1.54, 1.807) is 55.0 Å². The minimum atomic E-state index is -1.56. The number of benzene rings is 1. The fraction of sp³-hybridized carbons (Fsp3) is 0.125. The van der Waals surface area contributed by atoms with Crippen LogP contribution in [0.2, 0.25) is 0 Å². The highest BCUT2D eigenvalue weighted by Crippen LogP contribution is 2.11. The van der Waals surface area contributed by atoms with Gasteiger partial charge in [0.25, 0.3) is 0 Å². The van der Waals surface area contributed by atoms with Crippen molar-refractivity contribution in [1.29, 1.82) is 0 Å². The van der Waals surface area contributed by atoms with Gasteiger partial charge in [-0.15, -0.1) is 0 Å². The standard InChI is InChI=1S/C24H27B3N3O6/c31-25(32)22-4-1-7-28(16-22)13-19-10-20(14-29-8-2-5-23(17-29)26(33)34)12-21(11-19)15-30-9-3-6-24(18-30)27(35)36/h1-12,16-18,31-36H,13-15H2/q+3. The summed E-state index contributed by atoms with van der Waals surface area (Å²) >= 11 is 0. The molecule has 0 amide bonds. The van der Waals surface area contributed by atoms with E-state index in [1.165, 1.54) is 0 Å². The Balaban J connectivity index is 1.67. The van der Waals surface area contributed by atoms with Crippen LogP contribution in [0, 0.1) is 0 Å². The molecule has 0 aliphatic carbocycles. The number of nitrogens with zero attached hydrogens (tertiary/aromatic N) is 3. The first-order valence-corrected chi connectivity index (χ1v) is 11.4. The Bertz CT molecular complexity index is 1170. The van der Waals surface area contributed by atoms with Crippen molar-refractivity contribution >= 4 is 37.7 Å². The molecule has 0 unspecified atom stereocenters. The summed E-state index contributed by atoms with van der Waals surface area (Å²) in [5.74, 6) is 0. The van der Waals surface area contributed by atoms with E-state index in [4.69, 9.17) is 0 Å². The number of pyridine rings is 3. The van der Waals surface area contributed by atoms with E-state index >= 15 is 0 Å². The van der Waals surface area contributed by atoms with Gasteiger partial charge in [0.15, 0.2) is 56.8 Å². The highest BCUT2D eigenvalue weighted by molar-refractivity contribution is 6.59. The molecule has 0 saturated heterocycles. The maximum atomic E-state index is 9.52. The Morgan fingerprint density at radius 2 is 0.750 bits per heavy atom. The van der Waals surface area contributed by atoms with Crippen LogP contribution in [-0.4, -0.2) is 51.5 Å². The monoisotopic (exact) mass is 486 g/mol. The summed E-state index contributed by atoms with van der Waals surface area (Å²) in [7, 11) is -4.68. The topological polar surface area (TPSA) is 133 Å². The largest absolute Gasteiger partial charge is 0.494 e. The molecule has 0 fully saturated rings. The van der Waals surface area contributed by atoms with Gasteiger partial charge in [-0.1, -0.05) is 18.2 Å². The van der Waals surface area contributed by atoms with Gasteiger partial charge in [0.1, 0.15) is 0 Å². The van der Waals surface area contributed by atoms with Crippen molar-refractivity contribution in [2.24, 2.45) is 0 Å². The number of aromatic nitrogens is 3. The molecule has 0 aliphatic rings. The summed E-state index contributed by atoms with van der Waals surface area (Å²) in [5.41, 5.74) is 4.11. The summed E-state index contributed by atoms with van der Waals surface area (Å²) in [6.07, 6.45) is 10.6. The Hall–Kier alpha value is -3.38. The maximum Gasteiger partial charge on any atom is 0.494 e. The van der Waals surface area contributed by atoms with Crippen molar-refractivity contribution in [2.75, 3.05) is 0 Å². The lowest BCUT2D eigenvalue weighted by Gasteiger charge is -2.08. The molecule has 36 heavy (non-hydrogen) atoms. The van der Waals surface area contributed by atoms with E-state index in [9.17, 15) is 30.1 Å². The zero-order valence-corrected chi connectivity index (χ0v) is 19.5. The SMILES string of the molecule is OB(O)c1ccc[n+](Cc2cc(C[n+]3cccc(B(O)O)c3)cc(C[n+]3cccc(B(O)O)c3)c2)c1. The summed E-state index contributed by atoms with van der Waals surface area (Å²) in [5, 5.41) is 57.1. The molecule has 1 aromatic carbocycles. The Kier molecular flexibility index (Phi) is 8.27. The predicted octanol–water partition coefficient (Wildman–Crippen LogP) is -4.27. The van der Waals surface area contributed by atoms with Gasteiger partial charge in [0, 0.05) is 51.3 Å². The van der Waals surface area contributed by atoms with E-state index in [0.29, 0.717) is 36.0 Å². The quantitative estimate of drug-likeness (QED) is 0.105. The Labute approximate surface area is 209 Å². The molecule has 0 radical (unpaired) electrons. The van der Waals surface area contributed by atoms with E-state index in [1.807, 2.05) is 50.5 Å². The Morgan fingerprint density at radius 3 is 1.00 bits per heavy atom. The Morgan fingerprint density at radius 1 is 0.472 bits per heavy atom. The number of hydrogen-bond acceptors (Lipinski definition) is 6. The summed E-state index contributed by atoms with van der Waals surface area (Å²) in [6, 6.07) is 16.3. The minimum absolute atomic E-state index is 0.388. The first-order valence-electron chi connectivity index (χ1n) is 11.4. The summed E-state index contributed by atoms with van der Waals surface area (Å²) < 4.78 is 5.59.